The number of benzene rings is 20. The molecular weight excluding hydrogens is 1650 g/mol. The van der Waals surface area contributed by atoms with Gasteiger partial charge in [0.05, 0.1) is 61.2 Å². The number of hydrogen-bond acceptors (Lipinski definition) is 6. The van der Waals surface area contributed by atoms with Crippen molar-refractivity contribution in [1.29, 1.82) is 0 Å². The van der Waals surface area contributed by atoms with Gasteiger partial charge in [-0.1, -0.05) is 370 Å². The zero-order valence-electron chi connectivity index (χ0n) is 73.9. The van der Waals surface area contributed by atoms with Crippen molar-refractivity contribution in [2.75, 3.05) is 0 Å². The summed E-state index contributed by atoms with van der Waals surface area (Å²) in [5.41, 5.74) is 30.1. The number of para-hydroxylation sites is 4. The molecule has 4 aromatic heterocycles. The zero-order valence-corrected chi connectivity index (χ0v) is 74.6. The van der Waals surface area contributed by atoms with Crippen LogP contribution in [0.5, 0.6) is 0 Å². The summed E-state index contributed by atoms with van der Waals surface area (Å²) in [7, 11) is -0.435. The lowest BCUT2D eigenvalue weighted by atomic mass is 9.68. The van der Waals surface area contributed by atoms with Crippen molar-refractivity contribution in [1.82, 2.24) is 29.1 Å². The Morgan fingerprint density at radius 2 is 0.493 bits per heavy atom. The van der Waals surface area contributed by atoms with Gasteiger partial charge in [-0.25, -0.2) is 19.9 Å². The predicted molar refractivity (Wildman–Crippen MR) is 554 cm³/mol. The van der Waals surface area contributed by atoms with Crippen molar-refractivity contribution in [3.63, 3.8) is 0 Å². The smallest absolute Gasteiger partial charge is 0.399 e. The predicted octanol–water partition coefficient (Wildman–Crippen LogP) is 30.4. The molecule has 0 amide bonds. The third-order valence-electron chi connectivity index (χ3n) is 29.8. The fourth-order valence-corrected chi connectivity index (χ4v) is 23.5. The van der Waals surface area contributed by atoms with Gasteiger partial charge in [-0.15, -0.1) is 0 Å². The molecule has 134 heavy (non-hydrogen) atoms. The Bertz CT molecular complexity index is 8940. The fraction of sp³-hybridized carbons (Fsp3) is 0.0645. The third-order valence-corrected chi connectivity index (χ3v) is 30.0. The Labute approximate surface area is 779 Å². The molecule has 4 aliphatic carbocycles. The summed E-state index contributed by atoms with van der Waals surface area (Å²) in [6.07, 6.45) is 0. The summed E-state index contributed by atoms with van der Waals surface area (Å²) in [4.78, 5) is 20.2. The minimum Gasteiger partial charge on any atom is -0.399 e. The molecule has 5 heterocycles. The molecule has 8 nitrogen and oxygen atoms in total. The van der Waals surface area contributed by atoms with Gasteiger partial charge in [0.1, 0.15) is 5.15 Å². The molecule has 24 aromatic rings. The molecular formula is C124H82BClN6O2. The van der Waals surface area contributed by atoms with Gasteiger partial charge in [-0.2, -0.15) is 0 Å². The SMILES string of the molecule is CC1(C)OB(c2ccc3c(c2)C2(c4ccccc4-c4ccccc42)c2cc4c5ccccc5c5ccccc5c4cc2-3)OC1(C)C.Clc1cc(-c2ccccc2)nc(-n2c3ccccc3c3ccccc32)n1.c1ccc(-c2cc(-c3ccc4c(c3)C3(c5ccccc5-c5ccccc53)c3cc5c6ccccc6c6ccccc6c5cc3-4)nc(-n3c4ccccc4c4ccccc43)n2)cc1. The summed E-state index contributed by atoms with van der Waals surface area (Å²) in [5, 5.41) is 20.6. The van der Waals surface area contributed by atoms with Crippen LogP contribution >= 0.6 is 11.6 Å². The number of hydrogen-bond donors (Lipinski definition) is 0. The molecule has 1 aliphatic heterocycles. The van der Waals surface area contributed by atoms with Gasteiger partial charge < -0.3 is 9.31 Å². The van der Waals surface area contributed by atoms with E-state index in [1.54, 1.807) is 6.07 Å². The quantitative estimate of drug-likeness (QED) is 0.0937. The molecule has 0 bridgehead atoms. The van der Waals surface area contributed by atoms with Crippen LogP contribution in [0.15, 0.2) is 425 Å². The minimum absolute atomic E-state index is 0.413. The molecule has 0 N–H and O–H groups in total. The lowest BCUT2D eigenvalue weighted by Crippen LogP contribution is -2.41. The first-order chi connectivity index (χ1) is 65.9. The second-order valence-electron chi connectivity index (χ2n) is 37.2. The molecule has 5 aliphatic rings. The summed E-state index contributed by atoms with van der Waals surface area (Å²) in [6, 6.07) is 154. The van der Waals surface area contributed by atoms with Gasteiger partial charge in [0, 0.05) is 44.3 Å². The minimum atomic E-state index is -0.542. The molecule has 10 heteroatoms. The number of rotatable bonds is 6. The van der Waals surface area contributed by atoms with Crippen molar-refractivity contribution in [2.24, 2.45) is 0 Å². The Morgan fingerprint density at radius 3 is 0.873 bits per heavy atom. The summed E-state index contributed by atoms with van der Waals surface area (Å²) < 4.78 is 17.5. The van der Waals surface area contributed by atoms with Gasteiger partial charge in [-0.05, 0) is 247 Å². The third kappa shape index (κ3) is 11.3. The van der Waals surface area contributed by atoms with Crippen LogP contribution in [-0.2, 0) is 20.1 Å². The molecule has 0 saturated carbocycles. The summed E-state index contributed by atoms with van der Waals surface area (Å²) in [6.45, 7) is 8.51. The first-order valence-corrected chi connectivity index (χ1v) is 46.6. The number of fused-ring (bicyclic) bond motifs is 38. The van der Waals surface area contributed by atoms with Gasteiger partial charge >= 0.3 is 7.12 Å². The van der Waals surface area contributed by atoms with E-state index >= 15 is 0 Å². The first-order valence-electron chi connectivity index (χ1n) is 46.2. The van der Waals surface area contributed by atoms with E-state index in [9.17, 15) is 0 Å². The van der Waals surface area contributed by atoms with Crippen LogP contribution in [0.4, 0.5) is 0 Å². The first kappa shape index (κ1) is 77.9. The van der Waals surface area contributed by atoms with E-state index < -0.39 is 29.2 Å². The molecule has 0 radical (unpaired) electrons. The summed E-state index contributed by atoms with van der Waals surface area (Å²) >= 11 is 6.35. The maximum Gasteiger partial charge on any atom is 0.494 e. The Balaban J connectivity index is 0.000000111. The van der Waals surface area contributed by atoms with Crippen molar-refractivity contribution >= 4 is 132 Å². The second kappa shape index (κ2) is 29.5. The van der Waals surface area contributed by atoms with Crippen molar-refractivity contribution in [2.45, 2.75) is 49.7 Å². The van der Waals surface area contributed by atoms with Crippen molar-refractivity contribution < 1.29 is 9.31 Å². The normalized spacial score (nSPS) is 14.5. The van der Waals surface area contributed by atoms with Crippen LogP contribution in [0.3, 0.4) is 0 Å². The van der Waals surface area contributed by atoms with Crippen LogP contribution in [0, 0.1) is 0 Å². The average molecular weight is 1730 g/mol. The highest BCUT2D eigenvalue weighted by molar-refractivity contribution is 6.62. The molecule has 2 spiro atoms. The van der Waals surface area contributed by atoms with E-state index in [2.05, 4.69) is 406 Å². The van der Waals surface area contributed by atoms with Crippen molar-refractivity contribution in [3.05, 3.63) is 474 Å². The molecule has 1 saturated heterocycles. The molecule has 0 atom stereocenters. The van der Waals surface area contributed by atoms with Crippen LogP contribution in [0.25, 0.3) is 198 Å². The highest BCUT2D eigenvalue weighted by atomic mass is 35.5. The lowest BCUT2D eigenvalue weighted by Gasteiger charge is -2.32. The van der Waals surface area contributed by atoms with E-state index in [0.29, 0.717) is 17.0 Å². The number of aromatic nitrogens is 6. The van der Waals surface area contributed by atoms with Crippen LogP contribution in [-0.4, -0.2) is 47.4 Å². The Kier molecular flexibility index (Phi) is 17.1. The molecule has 20 aromatic carbocycles. The second-order valence-corrected chi connectivity index (χ2v) is 37.6. The van der Waals surface area contributed by atoms with Gasteiger partial charge in [0.15, 0.2) is 0 Å². The lowest BCUT2D eigenvalue weighted by molar-refractivity contribution is 0.00578. The van der Waals surface area contributed by atoms with Gasteiger partial charge in [0.25, 0.3) is 0 Å². The number of nitrogens with zero attached hydrogens (tertiary/aromatic N) is 6. The highest BCUT2D eigenvalue weighted by Gasteiger charge is 2.56. The molecule has 630 valence electrons. The van der Waals surface area contributed by atoms with Crippen LogP contribution in [0.2, 0.25) is 5.15 Å². The topological polar surface area (TPSA) is 79.9 Å². The van der Waals surface area contributed by atoms with E-state index in [0.717, 1.165) is 61.3 Å². The van der Waals surface area contributed by atoms with Crippen LogP contribution in [0.1, 0.15) is 72.2 Å². The zero-order chi connectivity index (χ0) is 89.0. The van der Waals surface area contributed by atoms with Gasteiger partial charge in [0.2, 0.25) is 11.9 Å². The fourth-order valence-electron chi connectivity index (χ4n) is 23.3. The van der Waals surface area contributed by atoms with E-state index in [4.69, 9.17) is 35.9 Å². The number of halogens is 1. The van der Waals surface area contributed by atoms with Crippen molar-refractivity contribution in [3.8, 4) is 90.2 Å². The van der Waals surface area contributed by atoms with Crippen LogP contribution < -0.4 is 5.46 Å². The maximum absolute atomic E-state index is 6.61. The standard InChI is InChI=1S/C59H35N3.C43H33BO2.C22H14ClN3/c1-2-16-36(17-3-1)54-35-55(61-58(60-54)62-56-28-14-10-24-45(56)46-25-11-15-29-57(46)62)37-30-31-44-49-33-47-40-20-6-4-18-38(40)39-19-5-7-21-41(39)48(47)34-53(49)59(52(44)32-37)50-26-12-8-22-42(50)43-23-9-13-27-51(43)59;1-41(2)42(3,4)46-44(45-41)26-21-22-33-36-24-34-29-15-7-5-13-27(29)28-14-6-8-16-30(28)35(34)25-40(36)43(39(33)23-26)37-19-11-9-17-31(37)32-18-10-12-20-38(32)43;23-21-14-18(15-8-2-1-3-9-15)24-22(25-21)26-19-12-6-4-10-16(19)17-11-5-7-13-20(17)26/h1-35H;5-25H,1-4H3;1-14H. The monoisotopic (exact) mass is 1730 g/mol. The molecule has 29 rings (SSSR count). The highest BCUT2D eigenvalue weighted by Crippen LogP contribution is 2.66. The average Bonchev–Trinajstić information content (AvgIpc) is 1.50. The van der Waals surface area contributed by atoms with E-state index in [1.165, 1.54) is 175 Å². The molecule has 0 unspecified atom stereocenters. The largest absolute Gasteiger partial charge is 0.494 e. The Morgan fingerprint density at radius 1 is 0.216 bits per heavy atom. The molecule has 1 fully saturated rings. The summed E-state index contributed by atoms with van der Waals surface area (Å²) in [5.74, 6) is 1.23. The van der Waals surface area contributed by atoms with E-state index in [1.807, 2.05) is 54.6 Å². The maximum atomic E-state index is 6.61. The Hall–Kier alpha value is -16.0. The van der Waals surface area contributed by atoms with Gasteiger partial charge in [-0.3, -0.25) is 9.13 Å². The van der Waals surface area contributed by atoms with E-state index in [-0.39, 0.29) is 0 Å².